The lowest BCUT2D eigenvalue weighted by molar-refractivity contribution is 0.0698. The minimum atomic E-state index is -1.18. The van der Waals surface area contributed by atoms with Crippen LogP contribution >= 0.6 is 0 Å². The number of phenolic OH excluding ortho intramolecular Hbond substituents is 1. The van der Waals surface area contributed by atoms with E-state index in [-0.39, 0.29) is 23.7 Å². The van der Waals surface area contributed by atoms with Crippen LogP contribution in [-0.4, -0.2) is 34.3 Å². The van der Waals surface area contributed by atoms with Gasteiger partial charge < -0.3 is 30.4 Å². The molecule has 9 heteroatoms. The Hall–Kier alpha value is -4.99. The Labute approximate surface area is 233 Å². The van der Waals surface area contributed by atoms with Crippen molar-refractivity contribution in [3.05, 3.63) is 113 Å². The Morgan fingerprint density at radius 2 is 1.85 bits per heavy atom. The number of nitrogens with zero attached hydrogens (tertiary/aromatic N) is 1. The molecule has 41 heavy (non-hydrogen) atoms. The number of benzene rings is 4. The number of fused-ring (bicyclic) bond motifs is 4. The number of hydrogen-bond acceptors (Lipinski definition) is 7. The van der Waals surface area contributed by atoms with Crippen molar-refractivity contribution in [2.75, 3.05) is 13.1 Å². The molecule has 0 aliphatic rings. The van der Waals surface area contributed by atoms with Crippen molar-refractivity contribution in [1.29, 1.82) is 0 Å². The molecule has 0 aliphatic heterocycles. The van der Waals surface area contributed by atoms with E-state index in [0.29, 0.717) is 46.1 Å². The Morgan fingerprint density at radius 3 is 2.63 bits per heavy atom. The zero-order valence-electron chi connectivity index (χ0n) is 21.8. The number of nitrogens with one attached hydrogen (secondary N) is 1. The SMILES string of the molecule is NCCNC(c1ccncc1)c1c(O)c2cc(OCc3cccc4cc(F)ccc34)ccc2c2occ(C(=O)O)c12. The van der Waals surface area contributed by atoms with Crippen molar-refractivity contribution in [3.8, 4) is 11.5 Å². The minimum absolute atomic E-state index is 0.0616. The highest BCUT2D eigenvalue weighted by Gasteiger charge is 2.28. The van der Waals surface area contributed by atoms with Gasteiger partial charge >= 0.3 is 5.97 Å². The third kappa shape index (κ3) is 4.82. The van der Waals surface area contributed by atoms with Gasteiger partial charge in [0, 0.05) is 47.2 Å². The molecule has 4 aromatic carbocycles. The number of nitrogens with two attached hydrogens (primary N) is 1. The molecule has 2 aromatic heterocycles. The first-order valence-corrected chi connectivity index (χ1v) is 13.0. The lowest BCUT2D eigenvalue weighted by Crippen LogP contribution is -2.28. The van der Waals surface area contributed by atoms with E-state index in [2.05, 4.69) is 10.3 Å². The quantitative estimate of drug-likeness (QED) is 0.175. The van der Waals surface area contributed by atoms with E-state index in [9.17, 15) is 19.4 Å². The summed E-state index contributed by atoms with van der Waals surface area (Å²) in [5.41, 5.74) is 8.06. The van der Waals surface area contributed by atoms with Gasteiger partial charge in [0.2, 0.25) is 0 Å². The number of furan rings is 1. The summed E-state index contributed by atoms with van der Waals surface area (Å²) in [7, 11) is 0. The second-order valence-electron chi connectivity index (χ2n) is 9.66. The van der Waals surface area contributed by atoms with E-state index < -0.39 is 12.0 Å². The summed E-state index contributed by atoms with van der Waals surface area (Å²) >= 11 is 0. The predicted octanol–water partition coefficient (Wildman–Crippen LogP) is 5.89. The molecule has 0 saturated carbocycles. The number of aromatic carboxylic acids is 1. The first kappa shape index (κ1) is 26.2. The number of halogens is 1. The Morgan fingerprint density at radius 1 is 1.05 bits per heavy atom. The highest BCUT2D eigenvalue weighted by atomic mass is 19.1. The van der Waals surface area contributed by atoms with Gasteiger partial charge in [0.15, 0.2) is 0 Å². The fourth-order valence-electron chi connectivity index (χ4n) is 5.31. The van der Waals surface area contributed by atoms with Crippen molar-refractivity contribution in [3.63, 3.8) is 0 Å². The summed E-state index contributed by atoms with van der Waals surface area (Å²) in [5, 5.41) is 28.0. The molecule has 0 aliphatic carbocycles. The molecular formula is C32H26FN3O5. The van der Waals surface area contributed by atoms with Crippen LogP contribution in [0.5, 0.6) is 11.5 Å². The van der Waals surface area contributed by atoms with Crippen LogP contribution in [0.3, 0.4) is 0 Å². The summed E-state index contributed by atoms with van der Waals surface area (Å²) in [5.74, 6) is -1.10. The lowest BCUT2D eigenvalue weighted by atomic mass is 9.90. The molecule has 206 valence electrons. The predicted molar refractivity (Wildman–Crippen MR) is 154 cm³/mol. The van der Waals surface area contributed by atoms with E-state index >= 15 is 0 Å². The van der Waals surface area contributed by atoms with Gasteiger partial charge in [-0.25, -0.2) is 9.18 Å². The highest BCUT2D eigenvalue weighted by molar-refractivity contribution is 6.16. The number of aromatic nitrogens is 1. The van der Waals surface area contributed by atoms with Crippen LogP contribution in [0.25, 0.3) is 32.5 Å². The molecule has 0 radical (unpaired) electrons. The van der Waals surface area contributed by atoms with Gasteiger partial charge in [-0.3, -0.25) is 4.98 Å². The number of pyridine rings is 1. The number of carboxylic acid groups (broad SMARTS) is 1. The van der Waals surface area contributed by atoms with Crippen LogP contribution < -0.4 is 15.8 Å². The standard InChI is InChI=1S/C32H26FN3O5/c33-21-4-6-23-19(14-21)2-1-3-20(23)16-40-22-5-7-24-25(15-22)30(37)28(27-26(32(38)39)17-41-31(24)27)29(36-13-10-34)18-8-11-35-12-9-18/h1-9,11-12,14-15,17,29,36-37H,10,13,16,34H2,(H,38,39). The molecule has 2 heterocycles. The van der Waals surface area contributed by atoms with Gasteiger partial charge in [0.05, 0.1) is 6.04 Å². The molecule has 6 rings (SSSR count). The van der Waals surface area contributed by atoms with Gasteiger partial charge in [0.25, 0.3) is 0 Å². The molecule has 6 aromatic rings. The van der Waals surface area contributed by atoms with E-state index in [0.717, 1.165) is 21.9 Å². The first-order valence-electron chi connectivity index (χ1n) is 13.0. The molecule has 0 bridgehead atoms. The van der Waals surface area contributed by atoms with Crippen LogP contribution in [0.15, 0.2) is 89.8 Å². The van der Waals surface area contributed by atoms with Crippen LogP contribution in [0.4, 0.5) is 4.39 Å². The number of aromatic hydroxyl groups is 1. The monoisotopic (exact) mass is 551 g/mol. The molecule has 1 unspecified atom stereocenters. The Kier molecular flexibility index (Phi) is 6.96. The van der Waals surface area contributed by atoms with Crippen molar-refractivity contribution in [1.82, 2.24) is 10.3 Å². The zero-order valence-corrected chi connectivity index (χ0v) is 21.8. The zero-order chi connectivity index (χ0) is 28.5. The third-order valence-corrected chi connectivity index (χ3v) is 7.18. The van der Waals surface area contributed by atoms with E-state index in [1.807, 2.05) is 18.2 Å². The van der Waals surface area contributed by atoms with Gasteiger partial charge in [0.1, 0.15) is 41.3 Å². The van der Waals surface area contributed by atoms with Gasteiger partial charge in [-0.15, -0.1) is 0 Å². The average Bonchev–Trinajstić information content (AvgIpc) is 3.43. The average molecular weight is 552 g/mol. The largest absolute Gasteiger partial charge is 0.507 e. The van der Waals surface area contributed by atoms with Crippen molar-refractivity contribution in [2.24, 2.45) is 5.73 Å². The summed E-state index contributed by atoms with van der Waals surface area (Å²) in [6, 6.07) is 18.4. The maximum absolute atomic E-state index is 13.7. The summed E-state index contributed by atoms with van der Waals surface area (Å²) in [4.78, 5) is 16.3. The first-order chi connectivity index (χ1) is 20.0. The van der Waals surface area contributed by atoms with Crippen molar-refractivity contribution >= 4 is 38.5 Å². The summed E-state index contributed by atoms with van der Waals surface area (Å²) < 4.78 is 25.7. The van der Waals surface area contributed by atoms with Crippen LogP contribution in [0, 0.1) is 5.82 Å². The summed E-state index contributed by atoms with van der Waals surface area (Å²) in [6.07, 6.45) is 4.45. The second kappa shape index (κ2) is 10.9. The van der Waals surface area contributed by atoms with Crippen molar-refractivity contribution in [2.45, 2.75) is 12.6 Å². The van der Waals surface area contributed by atoms with Crippen LogP contribution in [0.2, 0.25) is 0 Å². The van der Waals surface area contributed by atoms with Crippen LogP contribution in [0.1, 0.15) is 33.1 Å². The fraction of sp³-hybridized carbons (Fsp3) is 0.125. The fourth-order valence-corrected chi connectivity index (χ4v) is 5.31. The molecule has 0 spiro atoms. The topological polar surface area (TPSA) is 131 Å². The van der Waals surface area contributed by atoms with E-state index in [1.165, 1.54) is 18.4 Å². The molecular weight excluding hydrogens is 525 g/mol. The van der Waals surface area contributed by atoms with Gasteiger partial charge in [-0.05, 0) is 64.4 Å². The Bertz CT molecular complexity index is 1910. The van der Waals surface area contributed by atoms with E-state index in [1.54, 1.807) is 48.8 Å². The molecule has 5 N–H and O–H groups in total. The maximum Gasteiger partial charge on any atom is 0.339 e. The number of phenols is 1. The maximum atomic E-state index is 13.7. The molecule has 1 atom stereocenters. The Balaban J connectivity index is 1.49. The third-order valence-electron chi connectivity index (χ3n) is 7.18. The normalized spacial score (nSPS) is 12.2. The number of carboxylic acids is 1. The molecule has 8 nitrogen and oxygen atoms in total. The molecule has 0 saturated heterocycles. The van der Waals surface area contributed by atoms with Gasteiger partial charge in [-0.2, -0.15) is 0 Å². The number of hydrogen-bond donors (Lipinski definition) is 4. The molecule has 0 amide bonds. The smallest absolute Gasteiger partial charge is 0.339 e. The van der Waals surface area contributed by atoms with Crippen molar-refractivity contribution < 1.29 is 28.6 Å². The lowest BCUT2D eigenvalue weighted by Gasteiger charge is -2.23. The number of carbonyl (C=O) groups is 1. The summed E-state index contributed by atoms with van der Waals surface area (Å²) in [6.45, 7) is 0.950. The minimum Gasteiger partial charge on any atom is -0.507 e. The number of ether oxygens (including phenoxy) is 1. The second-order valence-corrected chi connectivity index (χ2v) is 9.66. The van der Waals surface area contributed by atoms with Gasteiger partial charge in [-0.1, -0.05) is 24.3 Å². The van der Waals surface area contributed by atoms with Crippen LogP contribution in [-0.2, 0) is 6.61 Å². The molecule has 0 fully saturated rings. The highest BCUT2D eigenvalue weighted by Crippen LogP contribution is 2.45. The number of rotatable bonds is 9. The van der Waals surface area contributed by atoms with E-state index in [4.69, 9.17) is 14.9 Å².